The Morgan fingerprint density at radius 3 is 1.45 bits per heavy atom. The molecule has 0 aromatic heterocycles. The first kappa shape index (κ1) is 45.1. The van der Waals surface area contributed by atoms with E-state index in [4.69, 9.17) is 0 Å². The molecule has 0 aliphatic carbocycles. The van der Waals surface area contributed by atoms with Gasteiger partial charge in [-0.05, 0) is 166 Å². The van der Waals surface area contributed by atoms with Crippen molar-refractivity contribution in [3.63, 3.8) is 0 Å². The largest absolute Gasteiger partial charge is 0.355 e. The van der Waals surface area contributed by atoms with Crippen molar-refractivity contribution in [1.29, 1.82) is 0 Å². The molecule has 347 valence electrons. The van der Waals surface area contributed by atoms with E-state index in [0.717, 1.165) is 67.6 Å². The molecule has 12 rings (SSSR count). The van der Waals surface area contributed by atoms with E-state index in [2.05, 4.69) is 304 Å². The predicted molar refractivity (Wildman–Crippen MR) is 312 cm³/mol. The molecule has 73 heavy (non-hydrogen) atoms. The molecule has 1 aliphatic rings. The fraction of sp³-hybridized carbons (Fsp3) is 0.0435. The summed E-state index contributed by atoms with van der Waals surface area (Å²) in [4.78, 5) is 4.87. The van der Waals surface area contributed by atoms with Gasteiger partial charge in [-0.3, -0.25) is 0 Å². The molecule has 0 saturated heterocycles. The maximum atomic E-state index is 4.01. The summed E-state index contributed by atoms with van der Waals surface area (Å²) in [7, 11) is 2.43. The van der Waals surface area contributed by atoms with E-state index in [1.165, 1.54) is 61.2 Å². The number of para-hydroxylation sites is 2. The van der Waals surface area contributed by atoms with E-state index in [1.807, 2.05) is 0 Å². The fourth-order valence-electron chi connectivity index (χ4n) is 10.6. The van der Waals surface area contributed by atoms with Crippen molar-refractivity contribution < 1.29 is 0 Å². The molecule has 0 bridgehead atoms. The zero-order valence-electron chi connectivity index (χ0n) is 41.3. The minimum atomic E-state index is 0.994. The van der Waals surface area contributed by atoms with Crippen LogP contribution < -0.4 is 26.0 Å². The SMILES string of the molecule is Cc1ccc(-c2ccccc2)cc1N1c2ccc(-c3ccccc3)cc2[B]c2c(-c3ccc(N(c4ccccc4)c4ccccc4)cc3Nc3ccc(-c4ccccc4)cc3)cc(-c3c(C)cccc3C)cc21. The average molecular weight is 935 g/mol. The first-order chi connectivity index (χ1) is 35.9. The van der Waals surface area contributed by atoms with Crippen LogP contribution in [0.15, 0.2) is 261 Å². The van der Waals surface area contributed by atoms with Gasteiger partial charge in [0.05, 0.1) is 0 Å². The number of nitrogens with one attached hydrogen (secondary N) is 1. The van der Waals surface area contributed by atoms with Crippen molar-refractivity contribution in [2.24, 2.45) is 0 Å². The Balaban J connectivity index is 1.12. The van der Waals surface area contributed by atoms with Gasteiger partial charge in [-0.25, -0.2) is 0 Å². The minimum Gasteiger partial charge on any atom is -0.355 e. The molecule has 0 spiro atoms. The highest BCUT2D eigenvalue weighted by molar-refractivity contribution is 6.73. The van der Waals surface area contributed by atoms with Crippen molar-refractivity contribution in [2.75, 3.05) is 15.1 Å². The van der Waals surface area contributed by atoms with Crippen LogP contribution in [0.4, 0.5) is 45.5 Å². The number of benzene rings is 11. The summed E-state index contributed by atoms with van der Waals surface area (Å²) in [6.07, 6.45) is 0. The van der Waals surface area contributed by atoms with E-state index in [-0.39, 0.29) is 0 Å². The zero-order chi connectivity index (χ0) is 49.3. The fourth-order valence-corrected chi connectivity index (χ4v) is 10.6. The molecule has 3 nitrogen and oxygen atoms in total. The van der Waals surface area contributed by atoms with Crippen LogP contribution in [0, 0.1) is 20.8 Å². The first-order valence-electron chi connectivity index (χ1n) is 25.2. The molecule has 0 amide bonds. The topological polar surface area (TPSA) is 18.5 Å². The number of fused-ring (bicyclic) bond motifs is 2. The van der Waals surface area contributed by atoms with Gasteiger partial charge < -0.3 is 15.1 Å². The monoisotopic (exact) mass is 934 g/mol. The van der Waals surface area contributed by atoms with Gasteiger partial charge in [0.2, 0.25) is 0 Å². The standard InChI is InChI=1S/C69H53BN3/c1-47-32-33-55(52-26-13-6-14-27-52)44-66(47)73-65-41-36-54(51-24-11-5-12-25-51)43-63(65)70-69-62(42-56(45-67(69)73)68-48(2)20-19-21-49(68)3)61-40-39-60(72(58-28-15-7-16-29-58)59-30-17-8-18-31-59)46-64(61)71-57-37-34-53(35-38-57)50-22-9-4-10-23-50/h4-46,71H,1-3H3. The average Bonchev–Trinajstić information content (AvgIpc) is 3.44. The molecule has 1 N–H and O–H groups in total. The predicted octanol–water partition coefficient (Wildman–Crippen LogP) is 17.6. The number of hydrogen-bond donors (Lipinski definition) is 1. The lowest BCUT2D eigenvalue weighted by Gasteiger charge is -2.37. The molecule has 4 heteroatoms. The van der Waals surface area contributed by atoms with Gasteiger partial charge in [-0.15, -0.1) is 0 Å². The van der Waals surface area contributed by atoms with Gasteiger partial charge in [0.25, 0.3) is 0 Å². The third-order valence-corrected chi connectivity index (χ3v) is 14.3. The summed E-state index contributed by atoms with van der Waals surface area (Å²) in [6.45, 7) is 6.72. The summed E-state index contributed by atoms with van der Waals surface area (Å²) in [5, 5.41) is 4.01. The van der Waals surface area contributed by atoms with E-state index in [9.17, 15) is 0 Å². The van der Waals surface area contributed by atoms with Gasteiger partial charge in [0.15, 0.2) is 7.28 Å². The summed E-state index contributed by atoms with van der Waals surface area (Å²) >= 11 is 0. The minimum absolute atomic E-state index is 0.994. The van der Waals surface area contributed by atoms with Crippen LogP contribution in [0.3, 0.4) is 0 Å². The van der Waals surface area contributed by atoms with Crippen LogP contribution in [0.5, 0.6) is 0 Å². The third kappa shape index (κ3) is 8.90. The molecule has 1 heterocycles. The van der Waals surface area contributed by atoms with Crippen molar-refractivity contribution >= 4 is 63.7 Å². The zero-order valence-corrected chi connectivity index (χ0v) is 41.3. The van der Waals surface area contributed by atoms with Crippen molar-refractivity contribution in [2.45, 2.75) is 20.8 Å². The highest BCUT2D eigenvalue weighted by atomic mass is 15.2. The van der Waals surface area contributed by atoms with E-state index in [0.29, 0.717) is 0 Å². The van der Waals surface area contributed by atoms with Crippen LogP contribution in [0.1, 0.15) is 16.7 Å². The molecular formula is C69H53BN3. The second-order valence-electron chi connectivity index (χ2n) is 19.0. The number of rotatable bonds is 11. The molecule has 11 aromatic carbocycles. The summed E-state index contributed by atoms with van der Waals surface area (Å²) < 4.78 is 0. The van der Waals surface area contributed by atoms with Gasteiger partial charge in [0.1, 0.15) is 0 Å². The van der Waals surface area contributed by atoms with Crippen molar-refractivity contribution in [3.8, 4) is 55.6 Å². The quantitative estimate of drug-likeness (QED) is 0.130. The third-order valence-electron chi connectivity index (χ3n) is 14.3. The van der Waals surface area contributed by atoms with Gasteiger partial charge in [-0.1, -0.05) is 194 Å². The Bertz CT molecular complexity index is 3690. The lowest BCUT2D eigenvalue weighted by atomic mass is 9.57. The van der Waals surface area contributed by atoms with Crippen LogP contribution in [0.25, 0.3) is 55.6 Å². The van der Waals surface area contributed by atoms with Gasteiger partial charge in [-0.2, -0.15) is 0 Å². The van der Waals surface area contributed by atoms with Crippen LogP contribution in [0.2, 0.25) is 0 Å². The smallest absolute Gasteiger partial charge is 0.197 e. The summed E-state index contributed by atoms with van der Waals surface area (Å²) in [5.41, 5.74) is 26.3. The number of hydrogen-bond acceptors (Lipinski definition) is 3. The molecule has 1 aliphatic heterocycles. The van der Waals surface area contributed by atoms with Crippen molar-refractivity contribution in [3.05, 3.63) is 278 Å². The van der Waals surface area contributed by atoms with Crippen LogP contribution in [-0.4, -0.2) is 7.28 Å². The number of anilines is 8. The van der Waals surface area contributed by atoms with E-state index >= 15 is 0 Å². The Morgan fingerprint density at radius 2 is 0.849 bits per heavy atom. The van der Waals surface area contributed by atoms with Gasteiger partial charge >= 0.3 is 0 Å². The molecule has 0 saturated carbocycles. The van der Waals surface area contributed by atoms with Crippen LogP contribution >= 0.6 is 0 Å². The second kappa shape index (κ2) is 19.6. The van der Waals surface area contributed by atoms with E-state index < -0.39 is 0 Å². The Kier molecular flexibility index (Phi) is 12.1. The normalized spacial score (nSPS) is 11.6. The van der Waals surface area contributed by atoms with Crippen LogP contribution in [-0.2, 0) is 0 Å². The van der Waals surface area contributed by atoms with Crippen molar-refractivity contribution in [1.82, 2.24) is 0 Å². The maximum Gasteiger partial charge on any atom is 0.197 e. The lowest BCUT2D eigenvalue weighted by molar-refractivity contribution is 1.26. The maximum absolute atomic E-state index is 4.01. The molecule has 11 aromatic rings. The molecule has 1 radical (unpaired) electrons. The Morgan fingerprint density at radius 1 is 0.342 bits per heavy atom. The van der Waals surface area contributed by atoms with Gasteiger partial charge in [0, 0.05) is 51.1 Å². The highest BCUT2D eigenvalue weighted by Gasteiger charge is 2.31. The molecular weight excluding hydrogens is 882 g/mol. The number of aryl methyl sites for hydroxylation is 3. The Hall–Kier alpha value is -9.12. The first-order valence-corrected chi connectivity index (χ1v) is 25.2. The second-order valence-corrected chi connectivity index (χ2v) is 19.0. The summed E-state index contributed by atoms with van der Waals surface area (Å²) in [5.74, 6) is 0. The molecule has 0 atom stereocenters. The lowest BCUT2D eigenvalue weighted by Crippen LogP contribution is -2.41. The van der Waals surface area contributed by atoms with E-state index in [1.54, 1.807) is 0 Å². The summed E-state index contributed by atoms with van der Waals surface area (Å²) in [6, 6.07) is 94.5. The highest BCUT2D eigenvalue weighted by Crippen LogP contribution is 2.46. The molecule has 0 fully saturated rings. The Labute approximate surface area is 430 Å². The number of nitrogens with zero attached hydrogens (tertiary/aromatic N) is 2. The molecule has 0 unspecified atom stereocenters.